The van der Waals surface area contributed by atoms with Crippen LogP contribution >= 0.6 is 0 Å². The molecule has 0 saturated carbocycles. The number of nitrogens with zero attached hydrogens (tertiary/aromatic N) is 1. The lowest BCUT2D eigenvalue weighted by Crippen LogP contribution is -2.50. The normalized spacial score (nSPS) is 23.5. The van der Waals surface area contributed by atoms with E-state index in [-0.39, 0.29) is 0 Å². The first-order valence-electron chi connectivity index (χ1n) is 6.12. The molecule has 0 amide bonds. The van der Waals surface area contributed by atoms with Gasteiger partial charge in [-0.2, -0.15) is 0 Å². The first-order valence-corrected chi connectivity index (χ1v) is 7.94. The highest BCUT2D eigenvalue weighted by atomic mass is 32.2. The summed E-state index contributed by atoms with van der Waals surface area (Å²) in [4.78, 5) is 2.30. The van der Waals surface area contributed by atoms with Crippen LogP contribution in [0.1, 0.15) is 27.2 Å². The summed E-state index contributed by atoms with van der Waals surface area (Å²) in [6, 6.07) is 0.959. The van der Waals surface area contributed by atoms with Crippen LogP contribution in [0.25, 0.3) is 0 Å². The lowest BCUT2D eigenvalue weighted by molar-refractivity contribution is 0.199. The Morgan fingerprint density at radius 1 is 1.25 bits per heavy atom. The molecule has 0 bridgehead atoms. The van der Waals surface area contributed by atoms with Crippen LogP contribution in [0.3, 0.4) is 0 Å². The lowest BCUT2D eigenvalue weighted by Gasteiger charge is -2.34. The van der Waals surface area contributed by atoms with E-state index in [0.29, 0.717) is 36.7 Å². The molecule has 1 rings (SSSR count). The summed E-state index contributed by atoms with van der Waals surface area (Å²) in [6.45, 7) is 8.77. The van der Waals surface area contributed by atoms with Gasteiger partial charge in [-0.1, -0.05) is 20.8 Å². The van der Waals surface area contributed by atoms with E-state index < -0.39 is 9.84 Å². The number of rotatable bonds is 5. The Bertz CT molecular complexity index is 287. The molecule has 1 aliphatic rings. The van der Waals surface area contributed by atoms with E-state index in [9.17, 15) is 8.42 Å². The maximum atomic E-state index is 11.3. The molecule has 1 unspecified atom stereocenters. The summed E-state index contributed by atoms with van der Waals surface area (Å²) in [5.41, 5.74) is 0. The Hall–Kier alpha value is -0.130. The number of sulfone groups is 1. The molecule has 1 N–H and O–H groups in total. The van der Waals surface area contributed by atoms with Crippen molar-refractivity contribution in [3.63, 3.8) is 0 Å². The van der Waals surface area contributed by atoms with E-state index in [4.69, 9.17) is 0 Å². The van der Waals surface area contributed by atoms with Crippen LogP contribution in [0.5, 0.6) is 0 Å². The monoisotopic (exact) mass is 248 g/mol. The van der Waals surface area contributed by atoms with Gasteiger partial charge >= 0.3 is 0 Å². The summed E-state index contributed by atoms with van der Waals surface area (Å²) in [5, 5.41) is 3.42. The van der Waals surface area contributed by atoms with Crippen molar-refractivity contribution in [3.05, 3.63) is 0 Å². The van der Waals surface area contributed by atoms with Gasteiger partial charge in [-0.05, 0) is 6.42 Å². The van der Waals surface area contributed by atoms with Crippen LogP contribution in [0.4, 0.5) is 0 Å². The summed E-state index contributed by atoms with van der Waals surface area (Å²) >= 11 is 0. The van der Waals surface area contributed by atoms with E-state index in [0.717, 1.165) is 13.0 Å². The highest BCUT2D eigenvalue weighted by molar-refractivity contribution is 7.91. The highest BCUT2D eigenvalue weighted by Crippen LogP contribution is 2.10. The van der Waals surface area contributed by atoms with Crippen molar-refractivity contribution in [2.24, 2.45) is 0 Å². The van der Waals surface area contributed by atoms with Crippen molar-refractivity contribution in [3.8, 4) is 0 Å². The van der Waals surface area contributed by atoms with Gasteiger partial charge in [-0.3, -0.25) is 4.90 Å². The second kappa shape index (κ2) is 5.98. The SMILES string of the molecule is CCC(CNC(C)C)N1CCS(=O)(=O)CC1. The molecule has 1 saturated heterocycles. The third-order valence-electron chi connectivity index (χ3n) is 3.13. The van der Waals surface area contributed by atoms with Crippen LogP contribution in [-0.2, 0) is 9.84 Å². The summed E-state index contributed by atoms with van der Waals surface area (Å²) in [6.07, 6.45) is 1.07. The Labute approximate surface area is 99.3 Å². The molecule has 1 aliphatic heterocycles. The lowest BCUT2D eigenvalue weighted by atomic mass is 10.1. The van der Waals surface area contributed by atoms with E-state index in [1.807, 2.05) is 0 Å². The fraction of sp³-hybridized carbons (Fsp3) is 1.00. The minimum Gasteiger partial charge on any atom is -0.313 e. The zero-order valence-corrected chi connectivity index (χ0v) is 11.4. The molecule has 0 aromatic rings. The van der Waals surface area contributed by atoms with Gasteiger partial charge in [-0.25, -0.2) is 8.42 Å². The minimum absolute atomic E-state index is 0.325. The van der Waals surface area contributed by atoms with Crippen molar-refractivity contribution in [2.75, 3.05) is 31.1 Å². The van der Waals surface area contributed by atoms with Gasteiger partial charge in [0.2, 0.25) is 0 Å². The maximum Gasteiger partial charge on any atom is 0.152 e. The third-order valence-corrected chi connectivity index (χ3v) is 4.74. The Kier molecular flexibility index (Phi) is 5.21. The smallest absolute Gasteiger partial charge is 0.152 e. The first-order chi connectivity index (χ1) is 7.44. The van der Waals surface area contributed by atoms with Crippen molar-refractivity contribution < 1.29 is 8.42 Å². The van der Waals surface area contributed by atoms with Crippen molar-refractivity contribution in [1.82, 2.24) is 10.2 Å². The minimum atomic E-state index is -2.75. The molecular formula is C11H24N2O2S. The molecule has 0 aromatic heterocycles. The third kappa shape index (κ3) is 4.39. The van der Waals surface area contributed by atoms with Gasteiger partial charge in [-0.15, -0.1) is 0 Å². The molecule has 96 valence electrons. The maximum absolute atomic E-state index is 11.3. The van der Waals surface area contributed by atoms with Crippen LogP contribution in [-0.4, -0.2) is 56.5 Å². The van der Waals surface area contributed by atoms with Gasteiger partial charge in [0.1, 0.15) is 0 Å². The molecular weight excluding hydrogens is 224 g/mol. The highest BCUT2D eigenvalue weighted by Gasteiger charge is 2.25. The van der Waals surface area contributed by atoms with Gasteiger partial charge in [0.05, 0.1) is 11.5 Å². The Balaban J connectivity index is 2.43. The molecule has 0 aliphatic carbocycles. The van der Waals surface area contributed by atoms with E-state index in [1.165, 1.54) is 0 Å². The van der Waals surface area contributed by atoms with Crippen LogP contribution in [0.15, 0.2) is 0 Å². The number of hydrogen-bond donors (Lipinski definition) is 1. The van der Waals surface area contributed by atoms with Crippen LogP contribution in [0.2, 0.25) is 0 Å². The molecule has 0 spiro atoms. The largest absolute Gasteiger partial charge is 0.313 e. The molecule has 16 heavy (non-hydrogen) atoms. The molecule has 1 heterocycles. The number of nitrogens with one attached hydrogen (secondary N) is 1. The number of hydrogen-bond acceptors (Lipinski definition) is 4. The van der Waals surface area contributed by atoms with Crippen LogP contribution < -0.4 is 5.32 Å². The second-order valence-corrected chi connectivity index (χ2v) is 7.12. The van der Waals surface area contributed by atoms with E-state index in [2.05, 4.69) is 31.0 Å². The zero-order chi connectivity index (χ0) is 12.2. The molecule has 0 radical (unpaired) electrons. The predicted octanol–water partition coefficient (Wildman–Crippen LogP) is 0.493. The van der Waals surface area contributed by atoms with Gasteiger partial charge in [0, 0.05) is 31.7 Å². The topological polar surface area (TPSA) is 49.4 Å². The summed E-state index contributed by atoms with van der Waals surface area (Å²) in [5.74, 6) is 0.649. The van der Waals surface area contributed by atoms with Gasteiger partial charge in [0.15, 0.2) is 9.84 Å². The standard InChI is InChI=1S/C11H24N2O2S/c1-4-11(9-12-10(2)3)13-5-7-16(14,15)8-6-13/h10-12H,4-9H2,1-3H3. The fourth-order valence-corrected chi connectivity index (χ4v) is 3.22. The Morgan fingerprint density at radius 2 is 1.81 bits per heavy atom. The van der Waals surface area contributed by atoms with Crippen molar-refractivity contribution in [2.45, 2.75) is 39.3 Å². The predicted molar refractivity (Wildman–Crippen MR) is 67.4 cm³/mol. The van der Waals surface area contributed by atoms with E-state index in [1.54, 1.807) is 0 Å². The van der Waals surface area contributed by atoms with Crippen molar-refractivity contribution >= 4 is 9.84 Å². The first kappa shape index (κ1) is 13.9. The quantitative estimate of drug-likeness (QED) is 0.769. The average molecular weight is 248 g/mol. The van der Waals surface area contributed by atoms with Gasteiger partial charge < -0.3 is 5.32 Å². The molecule has 4 nitrogen and oxygen atoms in total. The molecule has 0 aromatic carbocycles. The van der Waals surface area contributed by atoms with Gasteiger partial charge in [0.25, 0.3) is 0 Å². The molecule has 5 heteroatoms. The summed E-state index contributed by atoms with van der Waals surface area (Å²) in [7, 11) is -2.75. The Morgan fingerprint density at radius 3 is 2.25 bits per heavy atom. The second-order valence-electron chi connectivity index (χ2n) is 4.81. The van der Waals surface area contributed by atoms with Crippen molar-refractivity contribution in [1.29, 1.82) is 0 Å². The molecule has 1 fully saturated rings. The molecule has 1 atom stereocenters. The van der Waals surface area contributed by atoms with Crippen LogP contribution in [0, 0.1) is 0 Å². The zero-order valence-electron chi connectivity index (χ0n) is 10.6. The fourth-order valence-electron chi connectivity index (χ4n) is 2.00. The summed E-state index contributed by atoms with van der Waals surface area (Å²) < 4.78 is 22.7. The van der Waals surface area contributed by atoms with E-state index >= 15 is 0 Å². The average Bonchev–Trinajstić information content (AvgIpc) is 2.20.